The topological polar surface area (TPSA) is 132 Å². The number of aliphatic hydroxyl groups excluding tert-OH is 1. The summed E-state index contributed by atoms with van der Waals surface area (Å²) < 4.78 is 15.7. The molecule has 2 unspecified atom stereocenters. The highest BCUT2D eigenvalue weighted by Gasteiger charge is 2.66. The van der Waals surface area contributed by atoms with Crippen LogP contribution < -0.4 is 10.2 Å². The van der Waals surface area contributed by atoms with E-state index in [-0.39, 0.29) is 40.1 Å². The predicted molar refractivity (Wildman–Crippen MR) is 226 cm³/mol. The van der Waals surface area contributed by atoms with Crippen molar-refractivity contribution in [2.24, 2.45) is 16.2 Å². The van der Waals surface area contributed by atoms with Crippen molar-refractivity contribution in [2.45, 2.75) is 111 Å². The van der Waals surface area contributed by atoms with Crippen LogP contribution in [0.25, 0.3) is 21.3 Å². The highest BCUT2D eigenvalue weighted by molar-refractivity contribution is 7.22. The Bertz CT molecular complexity index is 2380. The minimum Gasteiger partial charge on any atom is -0.455 e. The average molecular weight is 803 g/mol. The van der Waals surface area contributed by atoms with Gasteiger partial charge in [-0.3, -0.25) is 14.8 Å². The number of aliphatic hydroxyl groups is 1. The van der Waals surface area contributed by atoms with E-state index in [1.807, 2.05) is 75.5 Å². The Balaban J connectivity index is 1.01. The van der Waals surface area contributed by atoms with Crippen molar-refractivity contribution in [1.29, 1.82) is 0 Å². The van der Waals surface area contributed by atoms with Crippen LogP contribution in [0.4, 0.5) is 10.9 Å². The summed E-state index contributed by atoms with van der Waals surface area (Å²) in [5.41, 5.74) is 5.71. The molecule has 0 saturated heterocycles. The molecular weight excluding hydrogens is 749 g/mol. The van der Waals surface area contributed by atoms with Crippen molar-refractivity contribution in [3.63, 3.8) is 0 Å². The van der Waals surface area contributed by atoms with E-state index in [1.54, 1.807) is 0 Å². The van der Waals surface area contributed by atoms with Gasteiger partial charge in [-0.1, -0.05) is 49.4 Å². The maximum atomic E-state index is 14.1. The van der Waals surface area contributed by atoms with Gasteiger partial charge in [0.05, 0.1) is 35.2 Å². The number of thiazole rings is 1. The van der Waals surface area contributed by atoms with E-state index >= 15 is 0 Å². The molecule has 2 N–H and O–H groups in total. The first-order chi connectivity index (χ1) is 27.6. The van der Waals surface area contributed by atoms with Crippen LogP contribution in [0.5, 0.6) is 0 Å². The molecule has 4 aliphatic carbocycles. The molecule has 5 aliphatic rings. The zero-order valence-electron chi connectivity index (χ0n) is 34.5. The Morgan fingerprint density at radius 3 is 2.45 bits per heavy atom. The van der Waals surface area contributed by atoms with Crippen molar-refractivity contribution in [1.82, 2.24) is 19.7 Å². The molecule has 58 heavy (non-hydrogen) atoms. The lowest BCUT2D eigenvalue weighted by atomic mass is 9.39. The number of nitrogens with one attached hydrogen (secondary N) is 1. The molecule has 304 valence electrons. The number of nitrogens with zero attached hydrogens (tertiary/aromatic N) is 5. The predicted octanol–water partition coefficient (Wildman–Crippen LogP) is 8.76. The second kappa shape index (κ2) is 14.0. The van der Waals surface area contributed by atoms with E-state index in [1.165, 1.54) is 17.8 Å². The molecule has 12 heteroatoms. The lowest BCUT2D eigenvalue weighted by Gasteiger charge is -2.69. The Hall–Kier alpha value is -4.65. The number of rotatable bonds is 10. The zero-order valence-corrected chi connectivity index (χ0v) is 35.3. The molecule has 10 rings (SSSR count). The molecule has 11 nitrogen and oxygen atoms in total. The Labute approximate surface area is 344 Å². The largest absolute Gasteiger partial charge is 0.455 e. The van der Waals surface area contributed by atoms with Gasteiger partial charge in [-0.2, -0.15) is 5.10 Å². The van der Waals surface area contributed by atoms with Crippen LogP contribution in [0.15, 0.2) is 60.8 Å². The van der Waals surface area contributed by atoms with Crippen molar-refractivity contribution in [2.75, 3.05) is 30.0 Å². The lowest BCUT2D eigenvalue weighted by Crippen LogP contribution is -2.64. The van der Waals surface area contributed by atoms with Crippen LogP contribution in [0, 0.1) is 23.2 Å². The normalized spacial score (nSPS) is 26.2. The number of aromatic nitrogens is 4. The van der Waals surface area contributed by atoms with Gasteiger partial charge in [0.1, 0.15) is 11.4 Å². The number of esters is 1. The molecule has 4 fully saturated rings. The van der Waals surface area contributed by atoms with Crippen molar-refractivity contribution < 1.29 is 24.2 Å². The van der Waals surface area contributed by atoms with Gasteiger partial charge in [-0.25, -0.2) is 14.8 Å². The van der Waals surface area contributed by atoms with Crippen molar-refractivity contribution in [3.05, 3.63) is 88.9 Å². The quantitative estimate of drug-likeness (QED) is 0.133. The van der Waals surface area contributed by atoms with Gasteiger partial charge < -0.3 is 19.5 Å². The second-order valence-corrected chi connectivity index (χ2v) is 20.4. The summed E-state index contributed by atoms with van der Waals surface area (Å²) in [6.07, 6.45) is 9.09. The van der Waals surface area contributed by atoms with Crippen LogP contribution in [0.3, 0.4) is 0 Å². The minimum absolute atomic E-state index is 0.0204. The summed E-state index contributed by atoms with van der Waals surface area (Å²) >= 11 is 1.45. The van der Waals surface area contributed by atoms with Gasteiger partial charge in [-0.05, 0) is 130 Å². The number of carbonyl (C=O) groups is 2. The summed E-state index contributed by atoms with van der Waals surface area (Å²) in [5, 5.41) is 18.3. The highest BCUT2D eigenvalue weighted by Crippen LogP contribution is 2.72. The number of anilines is 2. The molecular formula is C46H54N6O5S. The molecule has 1 amide bonds. The van der Waals surface area contributed by atoms with Gasteiger partial charge in [0.25, 0.3) is 5.91 Å². The second-order valence-electron chi connectivity index (χ2n) is 19.4. The number of ether oxygens (including phenoxy) is 2. The first-order valence-corrected chi connectivity index (χ1v) is 21.4. The van der Waals surface area contributed by atoms with Gasteiger partial charge in [0, 0.05) is 42.0 Å². The van der Waals surface area contributed by atoms with E-state index < -0.39 is 11.6 Å². The minimum atomic E-state index is -0.723. The van der Waals surface area contributed by atoms with Crippen LogP contribution in [-0.4, -0.2) is 67.7 Å². The number of fused-ring (bicyclic) bond motifs is 2. The molecule has 5 aromatic rings. The van der Waals surface area contributed by atoms with E-state index in [0.717, 1.165) is 77.7 Å². The molecule has 4 bridgehead atoms. The molecule has 4 saturated carbocycles. The standard InChI is InChI=1S/C46H54N6O5S/c1-29-33(20-47-52(29)28-45-23-43(5)22-44(6,24-45)26-46(25-43,27-45)56-19-18-53)31-14-15-37(49-38(31)40(55)57-42(2,3)4)51-17-16-30-10-9-11-32(34(30)21-51)39(54)50-41-48-35-12-7-8-13-36(35)58-41/h7-15,20,53H,16-19,21-28H2,1-6H3,(H,48,50,54). The van der Waals surface area contributed by atoms with E-state index in [0.29, 0.717) is 41.8 Å². The summed E-state index contributed by atoms with van der Waals surface area (Å²) in [6, 6.07) is 17.7. The Kier molecular flexibility index (Phi) is 9.37. The number of amides is 1. The smallest absolute Gasteiger partial charge is 0.358 e. The Morgan fingerprint density at radius 2 is 1.71 bits per heavy atom. The Morgan fingerprint density at radius 1 is 0.931 bits per heavy atom. The van der Waals surface area contributed by atoms with Gasteiger partial charge in [-0.15, -0.1) is 0 Å². The SMILES string of the molecule is Cc1c(-c2ccc(N3CCc4cccc(C(=O)Nc5nc6ccccc6s5)c4C3)nc2C(=O)OC(C)(C)C)cnn1CC12CC3(C)CC(C)(C1)CC(OCCO)(C3)C2. The van der Waals surface area contributed by atoms with E-state index in [2.05, 4.69) is 46.7 Å². The number of carbonyl (C=O) groups excluding carboxylic acids is 2. The third kappa shape index (κ3) is 7.21. The first kappa shape index (κ1) is 38.8. The van der Waals surface area contributed by atoms with Crippen molar-refractivity contribution in [3.8, 4) is 11.1 Å². The first-order valence-electron chi connectivity index (χ1n) is 20.6. The summed E-state index contributed by atoms with van der Waals surface area (Å²) in [5.74, 6) is -0.0488. The zero-order chi connectivity index (χ0) is 40.7. The number of hydrogen-bond donors (Lipinski definition) is 2. The van der Waals surface area contributed by atoms with Crippen LogP contribution in [0.2, 0.25) is 0 Å². The third-order valence-corrected chi connectivity index (χ3v) is 13.8. The summed E-state index contributed by atoms with van der Waals surface area (Å²) in [7, 11) is 0. The van der Waals surface area contributed by atoms with E-state index in [9.17, 15) is 14.7 Å². The van der Waals surface area contributed by atoms with Crippen LogP contribution >= 0.6 is 11.3 Å². The molecule has 2 aromatic carbocycles. The third-order valence-electron chi connectivity index (χ3n) is 12.9. The number of pyridine rings is 1. The van der Waals surface area contributed by atoms with Crippen LogP contribution in [-0.2, 0) is 29.0 Å². The maximum absolute atomic E-state index is 14.1. The van der Waals surface area contributed by atoms with Gasteiger partial charge in [0.2, 0.25) is 0 Å². The fourth-order valence-electron chi connectivity index (χ4n) is 12.0. The fraction of sp³-hybridized carbons (Fsp3) is 0.500. The van der Waals surface area contributed by atoms with E-state index in [4.69, 9.17) is 19.6 Å². The molecule has 2 atom stereocenters. The number of para-hydroxylation sites is 1. The monoisotopic (exact) mass is 802 g/mol. The number of hydrogen-bond acceptors (Lipinski definition) is 10. The van der Waals surface area contributed by atoms with Crippen molar-refractivity contribution >= 4 is 44.4 Å². The molecule has 3 aromatic heterocycles. The lowest BCUT2D eigenvalue weighted by molar-refractivity contribution is -0.250. The molecule has 1 aliphatic heterocycles. The molecule has 4 heterocycles. The average Bonchev–Trinajstić information content (AvgIpc) is 3.72. The van der Waals surface area contributed by atoms with Crippen LogP contribution in [0.1, 0.15) is 111 Å². The maximum Gasteiger partial charge on any atom is 0.358 e. The summed E-state index contributed by atoms with van der Waals surface area (Å²) in [6.45, 7) is 14.8. The van der Waals surface area contributed by atoms with Gasteiger partial charge >= 0.3 is 5.97 Å². The summed E-state index contributed by atoms with van der Waals surface area (Å²) in [4.78, 5) is 39.6. The number of benzene rings is 2. The van der Waals surface area contributed by atoms with Gasteiger partial charge in [0.15, 0.2) is 10.8 Å². The fourth-order valence-corrected chi connectivity index (χ4v) is 12.9. The highest BCUT2D eigenvalue weighted by atomic mass is 32.1. The molecule has 0 radical (unpaired) electrons. The molecule has 0 spiro atoms.